The van der Waals surface area contributed by atoms with Crippen molar-refractivity contribution < 1.29 is 4.79 Å². The highest BCUT2D eigenvalue weighted by molar-refractivity contribution is 5.91. The van der Waals surface area contributed by atoms with Crippen molar-refractivity contribution in [2.45, 2.75) is 26.3 Å². The van der Waals surface area contributed by atoms with Crippen LogP contribution in [0.25, 0.3) is 6.08 Å². The fourth-order valence-electron chi connectivity index (χ4n) is 1.77. The molecule has 3 heteroatoms. The number of carbonyl (C=O) groups excluding carboxylic acids is 1. The highest BCUT2D eigenvalue weighted by Crippen LogP contribution is 2.04. The second kappa shape index (κ2) is 7.67. The Bertz CT molecular complexity index is 385. The van der Waals surface area contributed by atoms with Gasteiger partial charge in [0.05, 0.1) is 0 Å². The Hall–Kier alpha value is -1.61. The second-order valence-electron chi connectivity index (χ2n) is 4.81. The molecule has 1 rings (SSSR count). The van der Waals surface area contributed by atoms with E-state index in [9.17, 15) is 4.79 Å². The quantitative estimate of drug-likeness (QED) is 0.756. The first-order chi connectivity index (χ1) is 8.61. The third kappa shape index (κ3) is 5.64. The molecule has 98 valence electrons. The first kappa shape index (κ1) is 14.5. The van der Waals surface area contributed by atoms with Crippen molar-refractivity contribution in [3.05, 3.63) is 42.0 Å². The molecule has 0 heterocycles. The lowest BCUT2D eigenvalue weighted by Gasteiger charge is -2.17. The summed E-state index contributed by atoms with van der Waals surface area (Å²) < 4.78 is 0. The summed E-state index contributed by atoms with van der Waals surface area (Å²) in [5.74, 6) is 0.437. The molecule has 3 N–H and O–H groups in total. The van der Waals surface area contributed by atoms with Gasteiger partial charge in [-0.25, -0.2) is 0 Å². The molecule has 1 aromatic rings. The highest BCUT2D eigenvalue weighted by Gasteiger charge is 2.10. The summed E-state index contributed by atoms with van der Waals surface area (Å²) in [6, 6.07) is 9.80. The normalized spacial score (nSPS) is 12.9. The van der Waals surface area contributed by atoms with Gasteiger partial charge in [-0.05, 0) is 24.0 Å². The zero-order valence-corrected chi connectivity index (χ0v) is 11.1. The molecule has 1 amide bonds. The molecule has 1 aromatic carbocycles. The maximum absolute atomic E-state index is 11.7. The van der Waals surface area contributed by atoms with E-state index in [0.29, 0.717) is 12.5 Å². The lowest BCUT2D eigenvalue weighted by molar-refractivity contribution is -0.117. The summed E-state index contributed by atoms with van der Waals surface area (Å²) in [7, 11) is 0. The predicted molar refractivity (Wildman–Crippen MR) is 75.9 cm³/mol. The molecule has 0 saturated carbocycles. The number of rotatable bonds is 6. The van der Waals surface area contributed by atoms with E-state index in [-0.39, 0.29) is 11.9 Å². The predicted octanol–water partition coefficient (Wildman–Crippen LogP) is 2.19. The molecule has 0 aliphatic rings. The Balaban J connectivity index is 2.48. The average molecular weight is 246 g/mol. The number of hydrogen-bond donors (Lipinski definition) is 2. The van der Waals surface area contributed by atoms with Crippen molar-refractivity contribution in [3.8, 4) is 0 Å². The molecule has 0 spiro atoms. The van der Waals surface area contributed by atoms with Crippen LogP contribution in [0.2, 0.25) is 0 Å². The standard InChI is InChI=1S/C15H22N2O/c1-12(2)10-14(11-16)17-15(18)9-8-13-6-4-3-5-7-13/h3-9,12,14H,10-11,16H2,1-2H3,(H,17,18). The van der Waals surface area contributed by atoms with Gasteiger partial charge in [-0.15, -0.1) is 0 Å². The average Bonchev–Trinajstić information content (AvgIpc) is 2.36. The summed E-state index contributed by atoms with van der Waals surface area (Å²) in [4.78, 5) is 11.7. The number of nitrogens with one attached hydrogen (secondary N) is 1. The lowest BCUT2D eigenvalue weighted by atomic mass is 10.0. The van der Waals surface area contributed by atoms with Gasteiger partial charge in [-0.2, -0.15) is 0 Å². The van der Waals surface area contributed by atoms with Crippen LogP contribution in [0.4, 0.5) is 0 Å². The molecular weight excluding hydrogens is 224 g/mol. The van der Waals surface area contributed by atoms with Gasteiger partial charge in [0.15, 0.2) is 0 Å². The van der Waals surface area contributed by atoms with E-state index in [1.54, 1.807) is 12.2 Å². The van der Waals surface area contributed by atoms with E-state index < -0.39 is 0 Å². The van der Waals surface area contributed by atoms with Crippen molar-refractivity contribution in [2.24, 2.45) is 11.7 Å². The fourth-order valence-corrected chi connectivity index (χ4v) is 1.77. The minimum absolute atomic E-state index is 0.0536. The van der Waals surface area contributed by atoms with Crippen molar-refractivity contribution >= 4 is 12.0 Å². The van der Waals surface area contributed by atoms with Gasteiger partial charge in [-0.3, -0.25) is 4.79 Å². The maximum Gasteiger partial charge on any atom is 0.244 e. The third-order valence-corrected chi connectivity index (χ3v) is 2.61. The van der Waals surface area contributed by atoms with Crippen LogP contribution in [0.3, 0.4) is 0 Å². The molecule has 0 aliphatic carbocycles. The van der Waals surface area contributed by atoms with E-state index in [1.165, 1.54) is 0 Å². The first-order valence-corrected chi connectivity index (χ1v) is 6.35. The molecule has 0 radical (unpaired) electrons. The maximum atomic E-state index is 11.7. The summed E-state index contributed by atoms with van der Waals surface area (Å²) in [6.07, 6.45) is 4.26. The summed E-state index contributed by atoms with van der Waals surface area (Å²) in [5, 5.41) is 2.92. The van der Waals surface area contributed by atoms with Crippen LogP contribution in [0.5, 0.6) is 0 Å². The van der Waals surface area contributed by atoms with Gasteiger partial charge in [0.2, 0.25) is 5.91 Å². The minimum Gasteiger partial charge on any atom is -0.349 e. The van der Waals surface area contributed by atoms with E-state index in [4.69, 9.17) is 5.73 Å². The van der Waals surface area contributed by atoms with Crippen LogP contribution < -0.4 is 11.1 Å². The highest BCUT2D eigenvalue weighted by atomic mass is 16.1. The van der Waals surface area contributed by atoms with E-state index >= 15 is 0 Å². The van der Waals surface area contributed by atoms with Gasteiger partial charge in [0, 0.05) is 18.7 Å². The van der Waals surface area contributed by atoms with Crippen molar-refractivity contribution in [3.63, 3.8) is 0 Å². The molecule has 3 nitrogen and oxygen atoms in total. The van der Waals surface area contributed by atoms with Gasteiger partial charge >= 0.3 is 0 Å². The van der Waals surface area contributed by atoms with Crippen molar-refractivity contribution in [1.29, 1.82) is 0 Å². The monoisotopic (exact) mass is 246 g/mol. The fraction of sp³-hybridized carbons (Fsp3) is 0.400. The molecule has 18 heavy (non-hydrogen) atoms. The number of benzene rings is 1. The molecule has 0 fully saturated rings. The Labute approximate surface area is 109 Å². The minimum atomic E-state index is -0.0880. The zero-order chi connectivity index (χ0) is 13.4. The molecule has 0 aliphatic heterocycles. The molecule has 0 aromatic heterocycles. The van der Waals surface area contributed by atoms with Crippen LogP contribution in [-0.4, -0.2) is 18.5 Å². The molecule has 0 bridgehead atoms. The van der Waals surface area contributed by atoms with E-state index in [2.05, 4.69) is 19.2 Å². The summed E-state index contributed by atoms with van der Waals surface area (Å²) in [6.45, 7) is 4.71. The molecule has 1 unspecified atom stereocenters. The van der Waals surface area contributed by atoms with Crippen LogP contribution in [0.15, 0.2) is 36.4 Å². The van der Waals surface area contributed by atoms with Gasteiger partial charge in [0.1, 0.15) is 0 Å². The summed E-state index contributed by atoms with van der Waals surface area (Å²) >= 11 is 0. The topological polar surface area (TPSA) is 55.1 Å². The number of carbonyl (C=O) groups is 1. The Morgan fingerprint density at radius 3 is 2.56 bits per heavy atom. The van der Waals surface area contributed by atoms with E-state index in [0.717, 1.165) is 12.0 Å². The van der Waals surface area contributed by atoms with Crippen LogP contribution in [0.1, 0.15) is 25.8 Å². The molecule has 0 saturated heterocycles. The zero-order valence-electron chi connectivity index (χ0n) is 11.1. The largest absolute Gasteiger partial charge is 0.349 e. The van der Waals surface area contributed by atoms with Gasteiger partial charge in [-0.1, -0.05) is 44.2 Å². The van der Waals surface area contributed by atoms with Crippen molar-refractivity contribution in [2.75, 3.05) is 6.54 Å². The van der Waals surface area contributed by atoms with Gasteiger partial charge < -0.3 is 11.1 Å². The van der Waals surface area contributed by atoms with E-state index in [1.807, 2.05) is 30.3 Å². The SMILES string of the molecule is CC(C)CC(CN)NC(=O)C=Cc1ccccc1. The first-order valence-electron chi connectivity index (χ1n) is 6.35. The Morgan fingerprint density at radius 1 is 1.33 bits per heavy atom. The Kier molecular flexibility index (Phi) is 6.15. The third-order valence-electron chi connectivity index (χ3n) is 2.61. The van der Waals surface area contributed by atoms with Gasteiger partial charge in [0.25, 0.3) is 0 Å². The van der Waals surface area contributed by atoms with Crippen molar-refractivity contribution in [1.82, 2.24) is 5.32 Å². The number of nitrogens with two attached hydrogens (primary N) is 1. The lowest BCUT2D eigenvalue weighted by Crippen LogP contribution is -2.40. The number of hydrogen-bond acceptors (Lipinski definition) is 2. The number of amides is 1. The summed E-state index contributed by atoms with van der Waals surface area (Å²) in [5.41, 5.74) is 6.65. The second-order valence-corrected chi connectivity index (χ2v) is 4.81. The van der Waals surface area contributed by atoms with Crippen LogP contribution in [-0.2, 0) is 4.79 Å². The van der Waals surface area contributed by atoms with Crippen LogP contribution >= 0.6 is 0 Å². The molecule has 1 atom stereocenters. The van der Waals surface area contributed by atoms with Crippen LogP contribution in [0, 0.1) is 5.92 Å². The molecular formula is C15H22N2O. The smallest absolute Gasteiger partial charge is 0.244 e. The Morgan fingerprint density at radius 2 is 2.00 bits per heavy atom.